The first-order chi connectivity index (χ1) is 8.74. The molecule has 0 aliphatic heterocycles. The fourth-order valence-corrected chi connectivity index (χ4v) is 2.94. The molecule has 0 N–H and O–H groups in total. The summed E-state index contributed by atoms with van der Waals surface area (Å²) in [6, 6.07) is 3.75. The van der Waals surface area contributed by atoms with Crippen molar-refractivity contribution in [1.29, 1.82) is 0 Å². The summed E-state index contributed by atoms with van der Waals surface area (Å²) in [6.45, 7) is 0. The Morgan fingerprint density at radius 1 is 1.17 bits per heavy atom. The molecule has 2 aromatic rings. The largest absolute Gasteiger partial charge is 0.497 e. The van der Waals surface area contributed by atoms with E-state index in [1.165, 1.54) is 5.56 Å². The molecule has 0 spiro atoms. The maximum Gasteiger partial charge on any atom is 0.133 e. The van der Waals surface area contributed by atoms with Gasteiger partial charge in [-0.05, 0) is 24.8 Å². The zero-order valence-corrected chi connectivity index (χ0v) is 11.2. The van der Waals surface area contributed by atoms with Crippen molar-refractivity contribution >= 4 is 22.5 Å². The van der Waals surface area contributed by atoms with Crippen LogP contribution in [0.3, 0.4) is 0 Å². The lowest BCUT2D eigenvalue weighted by atomic mass is 10.1. The van der Waals surface area contributed by atoms with E-state index in [9.17, 15) is 0 Å². The lowest BCUT2D eigenvalue weighted by Gasteiger charge is -2.12. The molecular formula is C14H14ClNO2. The monoisotopic (exact) mass is 263 g/mol. The van der Waals surface area contributed by atoms with Gasteiger partial charge in [0.05, 0.1) is 30.1 Å². The topological polar surface area (TPSA) is 31.4 Å². The van der Waals surface area contributed by atoms with Gasteiger partial charge >= 0.3 is 0 Å². The van der Waals surface area contributed by atoms with Gasteiger partial charge in [-0.15, -0.1) is 0 Å². The summed E-state index contributed by atoms with van der Waals surface area (Å²) in [5.74, 6) is 1.46. The summed E-state index contributed by atoms with van der Waals surface area (Å²) >= 11 is 6.51. The average molecular weight is 264 g/mol. The number of hydrogen-bond acceptors (Lipinski definition) is 3. The van der Waals surface area contributed by atoms with Crippen molar-refractivity contribution in [2.75, 3.05) is 14.2 Å². The Kier molecular flexibility index (Phi) is 2.78. The fraction of sp³-hybridized carbons (Fsp3) is 0.357. The van der Waals surface area contributed by atoms with Gasteiger partial charge in [-0.3, -0.25) is 4.98 Å². The van der Waals surface area contributed by atoms with Crippen LogP contribution in [0.25, 0.3) is 10.9 Å². The van der Waals surface area contributed by atoms with Gasteiger partial charge in [0.1, 0.15) is 11.5 Å². The number of nitrogens with zero attached hydrogens (tertiary/aromatic N) is 1. The highest BCUT2D eigenvalue weighted by Gasteiger charge is 2.21. The maximum absolute atomic E-state index is 6.51. The van der Waals surface area contributed by atoms with Crippen molar-refractivity contribution in [1.82, 2.24) is 4.98 Å². The molecule has 18 heavy (non-hydrogen) atoms. The standard InChI is InChI=1S/C14H14ClNO2/c1-17-8-6-11-13(12(7-8)18-2)14(15)9-4-3-5-10(9)16-11/h6-7H,3-5H2,1-2H3. The van der Waals surface area contributed by atoms with Gasteiger partial charge in [0, 0.05) is 17.8 Å². The quantitative estimate of drug-likeness (QED) is 0.832. The van der Waals surface area contributed by atoms with E-state index >= 15 is 0 Å². The minimum atomic E-state index is 0.719. The summed E-state index contributed by atoms with van der Waals surface area (Å²) in [4.78, 5) is 4.69. The smallest absolute Gasteiger partial charge is 0.133 e. The number of rotatable bonds is 2. The Hall–Kier alpha value is -1.48. The molecule has 0 fully saturated rings. The molecule has 1 aromatic heterocycles. The number of ether oxygens (including phenoxy) is 2. The van der Waals surface area contributed by atoms with E-state index in [2.05, 4.69) is 4.98 Å². The molecule has 0 unspecified atom stereocenters. The first-order valence-electron chi connectivity index (χ1n) is 5.97. The molecule has 0 saturated carbocycles. The summed E-state index contributed by atoms with van der Waals surface area (Å²) in [5, 5.41) is 1.67. The molecule has 94 valence electrons. The summed E-state index contributed by atoms with van der Waals surface area (Å²) < 4.78 is 10.7. The number of halogens is 1. The molecule has 4 heteroatoms. The van der Waals surface area contributed by atoms with Gasteiger partial charge < -0.3 is 9.47 Å². The second-order valence-electron chi connectivity index (χ2n) is 4.43. The molecule has 1 aliphatic rings. The van der Waals surface area contributed by atoms with E-state index in [0.717, 1.165) is 52.4 Å². The number of fused-ring (bicyclic) bond motifs is 2. The zero-order chi connectivity index (χ0) is 12.7. The molecule has 1 aliphatic carbocycles. The van der Waals surface area contributed by atoms with Crippen molar-refractivity contribution in [3.8, 4) is 11.5 Å². The summed E-state index contributed by atoms with van der Waals surface area (Å²) in [5.41, 5.74) is 3.13. The van der Waals surface area contributed by atoms with Crippen LogP contribution in [0.15, 0.2) is 12.1 Å². The minimum Gasteiger partial charge on any atom is -0.497 e. The Morgan fingerprint density at radius 2 is 2.00 bits per heavy atom. The molecule has 0 bridgehead atoms. The van der Waals surface area contributed by atoms with E-state index in [0.29, 0.717) is 0 Å². The van der Waals surface area contributed by atoms with Crippen molar-refractivity contribution in [2.24, 2.45) is 0 Å². The number of benzene rings is 1. The highest BCUT2D eigenvalue weighted by atomic mass is 35.5. The Balaban J connectivity index is 2.38. The lowest BCUT2D eigenvalue weighted by Crippen LogP contribution is -1.96. The SMILES string of the molecule is COc1cc(OC)c2c(Cl)c3c(nc2c1)CCC3. The predicted octanol–water partition coefficient (Wildman–Crippen LogP) is 3.39. The molecule has 3 nitrogen and oxygen atoms in total. The van der Waals surface area contributed by atoms with Gasteiger partial charge in [0.25, 0.3) is 0 Å². The molecule has 1 aromatic carbocycles. The number of methoxy groups -OCH3 is 2. The van der Waals surface area contributed by atoms with Crippen LogP contribution in [0.2, 0.25) is 5.02 Å². The Morgan fingerprint density at radius 3 is 2.72 bits per heavy atom. The van der Waals surface area contributed by atoms with Crippen LogP contribution in [0.1, 0.15) is 17.7 Å². The minimum absolute atomic E-state index is 0.719. The number of pyridine rings is 1. The highest BCUT2D eigenvalue weighted by molar-refractivity contribution is 6.36. The van der Waals surface area contributed by atoms with Gasteiger partial charge in [0.2, 0.25) is 0 Å². The molecule has 1 heterocycles. The molecular weight excluding hydrogens is 250 g/mol. The van der Waals surface area contributed by atoms with Crippen LogP contribution in [0, 0.1) is 0 Å². The van der Waals surface area contributed by atoms with Crippen molar-refractivity contribution in [2.45, 2.75) is 19.3 Å². The maximum atomic E-state index is 6.51. The molecule has 0 saturated heterocycles. The Bertz CT molecular complexity index is 625. The average Bonchev–Trinajstić information content (AvgIpc) is 2.85. The van der Waals surface area contributed by atoms with Gasteiger partial charge in [0.15, 0.2) is 0 Å². The van der Waals surface area contributed by atoms with E-state index in [1.807, 2.05) is 12.1 Å². The fourth-order valence-electron chi connectivity index (χ4n) is 2.55. The van der Waals surface area contributed by atoms with Gasteiger partial charge in [-0.25, -0.2) is 0 Å². The first-order valence-corrected chi connectivity index (χ1v) is 6.35. The molecule has 0 atom stereocenters. The number of aromatic nitrogens is 1. The van der Waals surface area contributed by atoms with Crippen molar-refractivity contribution < 1.29 is 9.47 Å². The van der Waals surface area contributed by atoms with Gasteiger partial charge in [-0.1, -0.05) is 11.6 Å². The lowest BCUT2D eigenvalue weighted by molar-refractivity contribution is 0.398. The van der Waals surface area contributed by atoms with Crippen LogP contribution in [0.4, 0.5) is 0 Å². The van der Waals surface area contributed by atoms with E-state index < -0.39 is 0 Å². The summed E-state index contributed by atoms with van der Waals surface area (Å²) in [7, 11) is 3.27. The molecule has 0 amide bonds. The zero-order valence-electron chi connectivity index (χ0n) is 10.4. The van der Waals surface area contributed by atoms with Crippen molar-refractivity contribution in [3.05, 3.63) is 28.4 Å². The van der Waals surface area contributed by atoms with E-state index in [1.54, 1.807) is 14.2 Å². The third kappa shape index (κ3) is 1.62. The second kappa shape index (κ2) is 4.32. The van der Waals surface area contributed by atoms with Gasteiger partial charge in [-0.2, -0.15) is 0 Å². The van der Waals surface area contributed by atoms with E-state index in [-0.39, 0.29) is 0 Å². The van der Waals surface area contributed by atoms with E-state index in [4.69, 9.17) is 21.1 Å². The van der Waals surface area contributed by atoms with Crippen LogP contribution < -0.4 is 9.47 Å². The van der Waals surface area contributed by atoms with Crippen LogP contribution in [-0.2, 0) is 12.8 Å². The predicted molar refractivity (Wildman–Crippen MR) is 71.9 cm³/mol. The normalized spacial score (nSPS) is 13.7. The molecule has 0 radical (unpaired) electrons. The summed E-state index contributed by atoms with van der Waals surface area (Å²) in [6.07, 6.45) is 3.13. The third-order valence-corrected chi connectivity index (χ3v) is 3.86. The highest BCUT2D eigenvalue weighted by Crippen LogP contribution is 2.40. The van der Waals surface area contributed by atoms with Crippen molar-refractivity contribution in [3.63, 3.8) is 0 Å². The number of hydrogen-bond donors (Lipinski definition) is 0. The van der Waals surface area contributed by atoms with Crippen LogP contribution in [0.5, 0.6) is 11.5 Å². The second-order valence-corrected chi connectivity index (χ2v) is 4.81. The Labute approximate surface area is 111 Å². The first kappa shape index (κ1) is 11.6. The van der Waals surface area contributed by atoms with Crippen LogP contribution in [-0.4, -0.2) is 19.2 Å². The molecule has 3 rings (SSSR count). The van der Waals surface area contributed by atoms with Crippen LogP contribution >= 0.6 is 11.6 Å². The third-order valence-electron chi connectivity index (χ3n) is 3.44. The number of aryl methyl sites for hydroxylation is 1.